The van der Waals surface area contributed by atoms with Crippen molar-refractivity contribution in [3.8, 4) is 0 Å². The first kappa shape index (κ1) is 26.6. The zero-order valence-corrected chi connectivity index (χ0v) is 20.3. The van der Waals surface area contributed by atoms with E-state index in [4.69, 9.17) is 9.05 Å². The van der Waals surface area contributed by atoms with Crippen molar-refractivity contribution in [1.82, 2.24) is 10.3 Å². The molecule has 0 aliphatic heterocycles. The fraction of sp³-hybridized carbons (Fsp3) is 0.680. The Morgan fingerprint density at radius 3 is 1.88 bits per heavy atom. The number of unbranched alkanes of at least 4 members (excludes halogenated alkanes) is 4. The van der Waals surface area contributed by atoms with E-state index < -0.39 is 11.3 Å². The summed E-state index contributed by atoms with van der Waals surface area (Å²) in [5.41, 5.74) is -1.36. The summed E-state index contributed by atoms with van der Waals surface area (Å²) in [6.07, 6.45) is 9.55. The summed E-state index contributed by atoms with van der Waals surface area (Å²) in [7, 11) is 0. The Kier molecular flexibility index (Phi) is 9.68. The molecule has 0 aromatic carbocycles. The predicted molar refractivity (Wildman–Crippen MR) is 125 cm³/mol. The number of Topliss-reactive ketones (excluding diaryl/α,β-unsaturated/α-hetero) is 1. The number of ketones is 1. The minimum atomic E-state index is -0.435. The molecule has 2 rings (SSSR count). The lowest BCUT2D eigenvalue weighted by Crippen LogP contribution is -2.23. The molecule has 0 bridgehead atoms. The molecule has 2 aromatic rings. The Morgan fingerprint density at radius 2 is 1.36 bits per heavy atom. The van der Waals surface area contributed by atoms with Crippen molar-refractivity contribution in [3.63, 3.8) is 0 Å². The van der Waals surface area contributed by atoms with Crippen molar-refractivity contribution in [1.29, 1.82) is 0 Å². The molecule has 0 spiro atoms. The van der Waals surface area contributed by atoms with Crippen LogP contribution in [0.25, 0.3) is 0 Å². The minimum absolute atomic E-state index is 0.234. The van der Waals surface area contributed by atoms with Gasteiger partial charge in [0.15, 0.2) is 0 Å². The number of carbonyl (C=O) groups is 2. The van der Waals surface area contributed by atoms with Crippen LogP contribution < -0.4 is 11.1 Å². The number of hydrogen-bond donors (Lipinski definition) is 2. The SMILES string of the molecule is CC(C)(C=O)CCCCCCCC(=O)CCCC(C)(C)C(c1cc(=O)[nH]o1)c1cc(=O)[nH]o1. The van der Waals surface area contributed by atoms with Crippen LogP contribution in [0, 0.1) is 10.8 Å². The van der Waals surface area contributed by atoms with E-state index in [0.717, 1.165) is 44.8 Å². The van der Waals surface area contributed by atoms with Gasteiger partial charge in [0.1, 0.15) is 23.6 Å². The summed E-state index contributed by atoms with van der Waals surface area (Å²) in [6, 6.07) is 2.73. The van der Waals surface area contributed by atoms with Gasteiger partial charge in [-0.3, -0.25) is 14.4 Å². The standard InChI is InChI=1S/C25H38N2O6/c1-24(2,17-28)13-9-7-5-6-8-11-18(29)12-10-14-25(3,4)23(19-15-21(30)26-32-19)20-16-22(31)27-33-20/h15-17,23H,5-14H2,1-4H3,(H,26,30)(H,27,31). The summed E-state index contributed by atoms with van der Waals surface area (Å²) < 4.78 is 10.6. The first-order chi connectivity index (χ1) is 15.5. The van der Waals surface area contributed by atoms with E-state index in [2.05, 4.69) is 10.3 Å². The average molecular weight is 463 g/mol. The summed E-state index contributed by atoms with van der Waals surface area (Å²) in [6.45, 7) is 7.94. The monoisotopic (exact) mass is 462 g/mol. The number of carbonyl (C=O) groups excluding carboxylic acids is 2. The van der Waals surface area contributed by atoms with Gasteiger partial charge in [-0.05, 0) is 31.1 Å². The van der Waals surface area contributed by atoms with Gasteiger partial charge in [0.25, 0.3) is 11.1 Å². The van der Waals surface area contributed by atoms with Crippen LogP contribution in [0.1, 0.15) is 109 Å². The molecule has 33 heavy (non-hydrogen) atoms. The van der Waals surface area contributed by atoms with Gasteiger partial charge >= 0.3 is 0 Å². The molecular weight excluding hydrogens is 424 g/mol. The fourth-order valence-corrected chi connectivity index (χ4v) is 4.29. The Morgan fingerprint density at radius 1 is 0.848 bits per heavy atom. The molecular formula is C25H38N2O6. The maximum absolute atomic E-state index is 12.3. The molecule has 8 nitrogen and oxygen atoms in total. The second-order valence-corrected chi connectivity index (χ2v) is 10.4. The third-order valence-corrected chi connectivity index (χ3v) is 6.31. The number of nitrogens with one attached hydrogen (secondary N) is 2. The lowest BCUT2D eigenvalue weighted by molar-refractivity contribution is -0.119. The molecule has 0 radical (unpaired) electrons. The predicted octanol–water partition coefficient (Wildman–Crippen LogP) is 5.10. The highest BCUT2D eigenvalue weighted by Gasteiger charge is 2.37. The Hall–Kier alpha value is -2.64. The molecule has 0 atom stereocenters. The number of aldehydes is 1. The zero-order chi connectivity index (χ0) is 24.5. The highest BCUT2D eigenvalue weighted by molar-refractivity contribution is 5.78. The van der Waals surface area contributed by atoms with E-state index in [9.17, 15) is 19.2 Å². The smallest absolute Gasteiger partial charge is 0.280 e. The van der Waals surface area contributed by atoms with Gasteiger partial charge in [0.05, 0.1) is 5.92 Å². The molecule has 2 aromatic heterocycles. The minimum Gasteiger partial charge on any atom is -0.383 e. The topological polar surface area (TPSA) is 126 Å². The lowest BCUT2D eigenvalue weighted by atomic mass is 9.72. The molecule has 2 heterocycles. The molecule has 0 aliphatic rings. The van der Waals surface area contributed by atoms with Crippen LogP contribution in [0.15, 0.2) is 30.8 Å². The second-order valence-electron chi connectivity index (χ2n) is 10.4. The van der Waals surface area contributed by atoms with E-state index in [1.807, 2.05) is 27.7 Å². The summed E-state index contributed by atoms with van der Waals surface area (Å²) in [5.74, 6) is 0.617. The van der Waals surface area contributed by atoms with Crippen molar-refractivity contribution < 1.29 is 18.6 Å². The van der Waals surface area contributed by atoms with E-state index in [1.165, 1.54) is 12.1 Å². The van der Waals surface area contributed by atoms with Crippen LogP contribution in [-0.4, -0.2) is 22.4 Å². The fourth-order valence-electron chi connectivity index (χ4n) is 4.29. The van der Waals surface area contributed by atoms with Gasteiger partial charge in [0.2, 0.25) is 0 Å². The molecule has 0 fully saturated rings. The first-order valence-corrected chi connectivity index (χ1v) is 11.9. The average Bonchev–Trinajstić information content (AvgIpc) is 3.35. The maximum Gasteiger partial charge on any atom is 0.280 e. The number of H-pyrrole nitrogens is 2. The van der Waals surface area contributed by atoms with Crippen LogP contribution in [0.2, 0.25) is 0 Å². The van der Waals surface area contributed by atoms with E-state index >= 15 is 0 Å². The van der Waals surface area contributed by atoms with Gasteiger partial charge in [-0.1, -0.05) is 53.4 Å². The van der Waals surface area contributed by atoms with Crippen LogP contribution in [0.4, 0.5) is 0 Å². The maximum atomic E-state index is 12.3. The zero-order valence-electron chi connectivity index (χ0n) is 20.3. The van der Waals surface area contributed by atoms with Crippen LogP contribution in [0.3, 0.4) is 0 Å². The highest BCUT2D eigenvalue weighted by Crippen LogP contribution is 2.43. The Bertz CT molecular complexity index is 942. The van der Waals surface area contributed by atoms with Gasteiger partial charge in [-0.15, -0.1) is 0 Å². The molecule has 0 amide bonds. The van der Waals surface area contributed by atoms with E-state index in [0.29, 0.717) is 37.2 Å². The molecule has 0 aliphatic carbocycles. The van der Waals surface area contributed by atoms with Crippen LogP contribution in [-0.2, 0) is 9.59 Å². The third kappa shape index (κ3) is 8.67. The Labute approximate surface area is 194 Å². The highest BCUT2D eigenvalue weighted by atomic mass is 16.5. The number of hydrogen-bond acceptors (Lipinski definition) is 6. The van der Waals surface area contributed by atoms with Crippen molar-refractivity contribution in [2.75, 3.05) is 0 Å². The number of rotatable bonds is 16. The van der Waals surface area contributed by atoms with Crippen LogP contribution >= 0.6 is 0 Å². The van der Waals surface area contributed by atoms with Gasteiger partial charge in [-0.25, -0.2) is 0 Å². The van der Waals surface area contributed by atoms with E-state index in [1.54, 1.807) is 0 Å². The summed E-state index contributed by atoms with van der Waals surface area (Å²) in [5, 5.41) is 4.59. The Balaban J connectivity index is 1.76. The van der Waals surface area contributed by atoms with Crippen molar-refractivity contribution in [2.24, 2.45) is 10.8 Å². The van der Waals surface area contributed by atoms with E-state index in [-0.39, 0.29) is 22.3 Å². The van der Waals surface area contributed by atoms with Gasteiger partial charge in [-0.2, -0.15) is 10.3 Å². The molecule has 0 saturated heterocycles. The lowest BCUT2D eigenvalue weighted by Gasteiger charge is -2.31. The molecule has 2 N–H and O–H groups in total. The van der Waals surface area contributed by atoms with Crippen molar-refractivity contribution in [3.05, 3.63) is 44.4 Å². The van der Waals surface area contributed by atoms with Crippen LogP contribution in [0.5, 0.6) is 0 Å². The second kappa shape index (κ2) is 12.0. The molecule has 184 valence electrons. The van der Waals surface area contributed by atoms with Gasteiger partial charge in [0, 0.05) is 30.4 Å². The third-order valence-electron chi connectivity index (χ3n) is 6.31. The van der Waals surface area contributed by atoms with Crippen molar-refractivity contribution >= 4 is 12.1 Å². The van der Waals surface area contributed by atoms with Crippen molar-refractivity contribution in [2.45, 2.75) is 97.8 Å². The molecule has 0 unspecified atom stereocenters. The largest absolute Gasteiger partial charge is 0.383 e. The molecule has 8 heteroatoms. The number of aromatic amines is 2. The molecule has 0 saturated carbocycles. The number of aromatic nitrogens is 2. The quantitative estimate of drug-likeness (QED) is 0.264. The van der Waals surface area contributed by atoms with Gasteiger partial charge < -0.3 is 13.8 Å². The summed E-state index contributed by atoms with van der Waals surface area (Å²) in [4.78, 5) is 46.5. The first-order valence-electron chi connectivity index (χ1n) is 11.9. The summed E-state index contributed by atoms with van der Waals surface area (Å²) >= 11 is 0. The normalized spacial score (nSPS) is 12.4.